The summed E-state index contributed by atoms with van der Waals surface area (Å²) in [5, 5.41) is 2.78. The first-order chi connectivity index (χ1) is 13.5. The molecule has 1 atom stereocenters. The molecule has 6 heteroatoms. The smallest absolute Gasteiger partial charge is 0.344 e. The van der Waals surface area contributed by atoms with Crippen LogP contribution in [-0.2, 0) is 20.7 Å². The number of benzene rings is 2. The molecule has 0 aliphatic heterocycles. The Morgan fingerprint density at radius 2 is 1.86 bits per heavy atom. The van der Waals surface area contributed by atoms with Gasteiger partial charge >= 0.3 is 5.97 Å². The standard InChI is InChI=1S/C22H25NO5/c1-4-8-17-11-12-19(20(13-17)26-3)27-15-22(25)28-14-21(24)23-16(2)18-9-6-5-7-10-18/h4-7,9-13,16H,1,8,14-15H2,2-3H3,(H,23,24)/t16-/m1/s1. The fraction of sp³-hybridized carbons (Fsp3) is 0.273. The first-order valence-electron chi connectivity index (χ1n) is 8.94. The SMILES string of the molecule is C=CCc1ccc(OCC(=O)OCC(=O)N[C@H](C)c2ccccc2)c(OC)c1. The maximum Gasteiger partial charge on any atom is 0.344 e. The molecular formula is C22H25NO5. The van der Waals surface area contributed by atoms with E-state index in [-0.39, 0.29) is 25.2 Å². The normalized spacial score (nSPS) is 11.2. The number of hydrogen-bond donors (Lipinski definition) is 1. The second-order valence-corrected chi connectivity index (χ2v) is 6.13. The van der Waals surface area contributed by atoms with Crippen LogP contribution < -0.4 is 14.8 Å². The number of allylic oxidation sites excluding steroid dienone is 1. The largest absolute Gasteiger partial charge is 0.493 e. The van der Waals surface area contributed by atoms with Crippen molar-refractivity contribution in [3.05, 3.63) is 72.3 Å². The summed E-state index contributed by atoms with van der Waals surface area (Å²) in [5.74, 6) is -0.0770. The van der Waals surface area contributed by atoms with Crippen LogP contribution in [0.3, 0.4) is 0 Å². The molecule has 0 aliphatic carbocycles. The minimum Gasteiger partial charge on any atom is -0.493 e. The highest BCUT2D eigenvalue weighted by molar-refractivity contribution is 5.81. The van der Waals surface area contributed by atoms with Crippen molar-refractivity contribution in [1.29, 1.82) is 0 Å². The molecule has 148 valence electrons. The number of amides is 1. The van der Waals surface area contributed by atoms with Gasteiger partial charge in [-0.1, -0.05) is 42.5 Å². The van der Waals surface area contributed by atoms with Crippen LogP contribution in [0.5, 0.6) is 11.5 Å². The summed E-state index contributed by atoms with van der Waals surface area (Å²) >= 11 is 0. The van der Waals surface area contributed by atoms with Crippen molar-refractivity contribution in [2.45, 2.75) is 19.4 Å². The number of methoxy groups -OCH3 is 1. The lowest BCUT2D eigenvalue weighted by atomic mass is 10.1. The molecule has 0 unspecified atom stereocenters. The van der Waals surface area contributed by atoms with Gasteiger partial charge in [-0.05, 0) is 36.6 Å². The monoisotopic (exact) mass is 383 g/mol. The summed E-state index contributed by atoms with van der Waals surface area (Å²) in [6, 6.07) is 14.8. The second kappa shape index (κ2) is 10.8. The van der Waals surface area contributed by atoms with Crippen LogP contribution >= 0.6 is 0 Å². The van der Waals surface area contributed by atoms with E-state index in [0.717, 1.165) is 11.1 Å². The van der Waals surface area contributed by atoms with E-state index in [1.54, 1.807) is 12.1 Å². The molecule has 0 aliphatic rings. The first-order valence-corrected chi connectivity index (χ1v) is 8.94. The molecule has 0 bridgehead atoms. The Hall–Kier alpha value is -3.28. The Labute approximate surface area is 165 Å². The maximum absolute atomic E-state index is 11.9. The van der Waals surface area contributed by atoms with Crippen molar-refractivity contribution in [2.24, 2.45) is 0 Å². The highest BCUT2D eigenvalue weighted by atomic mass is 16.6. The lowest BCUT2D eigenvalue weighted by molar-refractivity contribution is -0.150. The number of carbonyl (C=O) groups excluding carboxylic acids is 2. The van der Waals surface area contributed by atoms with Gasteiger partial charge in [-0.25, -0.2) is 4.79 Å². The van der Waals surface area contributed by atoms with Crippen LogP contribution in [0.15, 0.2) is 61.2 Å². The Balaban J connectivity index is 1.78. The number of esters is 1. The molecule has 2 aromatic rings. The summed E-state index contributed by atoms with van der Waals surface area (Å²) < 4.78 is 15.7. The maximum atomic E-state index is 11.9. The lowest BCUT2D eigenvalue weighted by Crippen LogP contribution is -2.31. The van der Waals surface area contributed by atoms with Gasteiger partial charge in [-0.3, -0.25) is 4.79 Å². The molecule has 2 aromatic carbocycles. The Bertz CT molecular complexity index is 804. The van der Waals surface area contributed by atoms with E-state index < -0.39 is 5.97 Å². The minimum absolute atomic E-state index is 0.179. The molecular weight excluding hydrogens is 358 g/mol. The van der Waals surface area contributed by atoms with Crippen LogP contribution in [-0.4, -0.2) is 32.2 Å². The van der Waals surface area contributed by atoms with Gasteiger partial charge in [0, 0.05) is 0 Å². The molecule has 0 radical (unpaired) electrons. The number of ether oxygens (including phenoxy) is 3. The van der Waals surface area contributed by atoms with Gasteiger partial charge in [0.1, 0.15) is 0 Å². The van der Waals surface area contributed by atoms with Crippen molar-refractivity contribution < 1.29 is 23.8 Å². The van der Waals surface area contributed by atoms with Gasteiger partial charge in [0.2, 0.25) is 0 Å². The van der Waals surface area contributed by atoms with Crippen LogP contribution in [0.1, 0.15) is 24.1 Å². The number of carbonyl (C=O) groups is 2. The quantitative estimate of drug-likeness (QED) is 0.504. The number of rotatable bonds is 10. The van der Waals surface area contributed by atoms with Crippen molar-refractivity contribution >= 4 is 11.9 Å². The summed E-state index contributed by atoms with van der Waals surface area (Å²) in [6.07, 6.45) is 2.49. The molecule has 0 spiro atoms. The van der Waals surface area contributed by atoms with Crippen LogP contribution in [0.2, 0.25) is 0 Å². The molecule has 1 N–H and O–H groups in total. The molecule has 28 heavy (non-hydrogen) atoms. The zero-order chi connectivity index (χ0) is 20.4. The molecule has 0 heterocycles. The van der Waals surface area contributed by atoms with Gasteiger partial charge < -0.3 is 19.5 Å². The fourth-order valence-corrected chi connectivity index (χ4v) is 2.56. The fourth-order valence-electron chi connectivity index (χ4n) is 2.56. The van der Waals surface area contributed by atoms with Crippen LogP contribution in [0.4, 0.5) is 0 Å². The lowest BCUT2D eigenvalue weighted by Gasteiger charge is -2.14. The van der Waals surface area contributed by atoms with Crippen molar-refractivity contribution in [3.8, 4) is 11.5 Å². The highest BCUT2D eigenvalue weighted by Gasteiger charge is 2.13. The zero-order valence-electron chi connectivity index (χ0n) is 16.1. The number of nitrogens with one attached hydrogen (secondary N) is 1. The third-order valence-electron chi connectivity index (χ3n) is 3.99. The Morgan fingerprint density at radius 3 is 2.54 bits per heavy atom. The molecule has 1 amide bonds. The number of hydrogen-bond acceptors (Lipinski definition) is 5. The van der Waals surface area contributed by atoms with E-state index in [9.17, 15) is 9.59 Å². The van der Waals surface area contributed by atoms with Gasteiger partial charge in [0.05, 0.1) is 13.2 Å². The van der Waals surface area contributed by atoms with Crippen molar-refractivity contribution in [2.75, 3.05) is 20.3 Å². The first kappa shape index (κ1) is 21.0. The predicted molar refractivity (Wildman–Crippen MR) is 106 cm³/mol. The van der Waals surface area contributed by atoms with E-state index in [2.05, 4.69) is 11.9 Å². The second-order valence-electron chi connectivity index (χ2n) is 6.13. The topological polar surface area (TPSA) is 73.9 Å². The van der Waals surface area contributed by atoms with E-state index in [4.69, 9.17) is 14.2 Å². The van der Waals surface area contributed by atoms with E-state index in [1.165, 1.54) is 7.11 Å². The molecule has 0 saturated carbocycles. The predicted octanol–water partition coefficient (Wildman–Crippen LogP) is 3.22. The highest BCUT2D eigenvalue weighted by Crippen LogP contribution is 2.28. The van der Waals surface area contributed by atoms with E-state index in [1.807, 2.05) is 49.4 Å². The van der Waals surface area contributed by atoms with Crippen molar-refractivity contribution in [3.63, 3.8) is 0 Å². The van der Waals surface area contributed by atoms with Crippen molar-refractivity contribution in [1.82, 2.24) is 5.32 Å². The van der Waals surface area contributed by atoms with Gasteiger partial charge in [0.25, 0.3) is 5.91 Å². The minimum atomic E-state index is -0.639. The summed E-state index contributed by atoms with van der Waals surface area (Å²) in [6.45, 7) is 4.87. The summed E-state index contributed by atoms with van der Waals surface area (Å²) in [5.41, 5.74) is 1.99. The third-order valence-corrected chi connectivity index (χ3v) is 3.99. The van der Waals surface area contributed by atoms with Crippen LogP contribution in [0, 0.1) is 0 Å². The molecule has 2 rings (SSSR count). The summed E-state index contributed by atoms with van der Waals surface area (Å²) in [4.78, 5) is 23.8. The van der Waals surface area contributed by atoms with E-state index >= 15 is 0 Å². The third kappa shape index (κ3) is 6.46. The van der Waals surface area contributed by atoms with Gasteiger partial charge in [-0.15, -0.1) is 6.58 Å². The molecule has 0 saturated heterocycles. The average molecular weight is 383 g/mol. The Kier molecular flexibility index (Phi) is 8.09. The molecule has 0 aromatic heterocycles. The van der Waals surface area contributed by atoms with Gasteiger partial charge in [-0.2, -0.15) is 0 Å². The Morgan fingerprint density at radius 1 is 1.11 bits per heavy atom. The van der Waals surface area contributed by atoms with Gasteiger partial charge in [0.15, 0.2) is 24.7 Å². The molecule has 0 fully saturated rings. The summed E-state index contributed by atoms with van der Waals surface area (Å²) in [7, 11) is 1.52. The van der Waals surface area contributed by atoms with E-state index in [0.29, 0.717) is 17.9 Å². The average Bonchev–Trinajstić information content (AvgIpc) is 2.72. The molecule has 6 nitrogen and oxygen atoms in total. The van der Waals surface area contributed by atoms with Crippen LogP contribution in [0.25, 0.3) is 0 Å². The zero-order valence-corrected chi connectivity index (χ0v) is 16.1.